The van der Waals surface area contributed by atoms with Gasteiger partial charge in [-0.15, -0.1) is 11.3 Å². The second-order valence-corrected chi connectivity index (χ2v) is 6.56. The van der Waals surface area contributed by atoms with Crippen LogP contribution in [0.25, 0.3) is 0 Å². The molecule has 1 heterocycles. The highest BCUT2D eigenvalue weighted by molar-refractivity contribution is 7.09. The summed E-state index contributed by atoms with van der Waals surface area (Å²) in [4.78, 5) is 16.4. The third-order valence-corrected chi connectivity index (χ3v) is 4.12. The standard InChI is InChI=1S/C14H14Cl2N2O2S/c1-7(12-6-21-8(2)18-12)17-14(20)13(19)9-3-10(15)5-11(16)4-9/h3-7,13,19H,1-2H3,(H,17,20)/t7-,13+/m1/s1. The summed E-state index contributed by atoms with van der Waals surface area (Å²) in [6.07, 6.45) is -1.33. The van der Waals surface area contributed by atoms with Crippen molar-refractivity contribution in [3.05, 3.63) is 49.9 Å². The molecule has 0 unspecified atom stereocenters. The Kier molecular flexibility index (Phi) is 5.22. The average molecular weight is 345 g/mol. The molecular weight excluding hydrogens is 331 g/mol. The molecular formula is C14H14Cl2N2O2S. The van der Waals surface area contributed by atoms with Gasteiger partial charge in [0.15, 0.2) is 6.10 Å². The maximum Gasteiger partial charge on any atom is 0.254 e. The number of amides is 1. The first kappa shape index (κ1) is 16.2. The van der Waals surface area contributed by atoms with E-state index in [0.717, 1.165) is 10.7 Å². The van der Waals surface area contributed by atoms with Gasteiger partial charge in [-0.05, 0) is 37.6 Å². The lowest BCUT2D eigenvalue weighted by molar-refractivity contribution is -0.130. The first-order chi connectivity index (χ1) is 9.86. The van der Waals surface area contributed by atoms with Gasteiger partial charge in [0.25, 0.3) is 5.91 Å². The lowest BCUT2D eigenvalue weighted by Crippen LogP contribution is -2.31. The summed E-state index contributed by atoms with van der Waals surface area (Å²) in [5.74, 6) is -0.522. The van der Waals surface area contributed by atoms with Crippen LogP contribution in [0.5, 0.6) is 0 Å². The third-order valence-electron chi connectivity index (χ3n) is 2.89. The Morgan fingerprint density at radius 3 is 2.48 bits per heavy atom. The number of hydrogen-bond acceptors (Lipinski definition) is 4. The van der Waals surface area contributed by atoms with Crippen molar-refractivity contribution in [1.82, 2.24) is 10.3 Å². The molecule has 0 saturated heterocycles. The fraction of sp³-hybridized carbons (Fsp3) is 0.286. The molecule has 0 fully saturated rings. The minimum absolute atomic E-state index is 0.285. The molecule has 1 aromatic carbocycles. The molecule has 1 aromatic heterocycles. The number of rotatable bonds is 4. The molecule has 2 aromatic rings. The van der Waals surface area contributed by atoms with Crippen molar-refractivity contribution >= 4 is 40.4 Å². The highest BCUT2D eigenvalue weighted by atomic mass is 35.5. The fourth-order valence-corrected chi connectivity index (χ4v) is 3.08. The minimum atomic E-state index is -1.33. The van der Waals surface area contributed by atoms with Crippen molar-refractivity contribution in [2.24, 2.45) is 0 Å². The van der Waals surface area contributed by atoms with Crippen molar-refractivity contribution in [2.75, 3.05) is 0 Å². The zero-order chi connectivity index (χ0) is 15.6. The second kappa shape index (κ2) is 6.75. The number of halogens is 2. The normalized spacial score (nSPS) is 13.8. The molecule has 21 heavy (non-hydrogen) atoms. The van der Waals surface area contributed by atoms with Gasteiger partial charge in [-0.1, -0.05) is 23.2 Å². The largest absolute Gasteiger partial charge is 0.378 e. The highest BCUT2D eigenvalue weighted by Gasteiger charge is 2.21. The lowest BCUT2D eigenvalue weighted by Gasteiger charge is -2.16. The number of nitrogens with one attached hydrogen (secondary N) is 1. The predicted molar refractivity (Wildman–Crippen MR) is 84.8 cm³/mol. The van der Waals surface area contributed by atoms with Crippen molar-refractivity contribution in [3.63, 3.8) is 0 Å². The van der Waals surface area contributed by atoms with Crippen LogP contribution in [0.1, 0.15) is 35.3 Å². The van der Waals surface area contributed by atoms with Crippen molar-refractivity contribution < 1.29 is 9.90 Å². The second-order valence-electron chi connectivity index (χ2n) is 4.63. The maximum atomic E-state index is 12.1. The minimum Gasteiger partial charge on any atom is -0.378 e. The molecule has 0 aliphatic carbocycles. The van der Waals surface area contributed by atoms with Gasteiger partial charge in [0.1, 0.15) is 0 Å². The summed E-state index contributed by atoms with van der Waals surface area (Å²) in [6.45, 7) is 3.70. The van der Waals surface area contributed by atoms with E-state index < -0.39 is 12.0 Å². The van der Waals surface area contributed by atoms with Gasteiger partial charge in [-0.2, -0.15) is 0 Å². The Morgan fingerprint density at radius 2 is 1.95 bits per heavy atom. The number of thiazole rings is 1. The van der Waals surface area contributed by atoms with Gasteiger partial charge in [0, 0.05) is 15.4 Å². The molecule has 0 saturated carbocycles. The number of aliphatic hydroxyl groups is 1. The van der Waals surface area contributed by atoms with Crippen LogP contribution in [0.15, 0.2) is 23.6 Å². The molecule has 0 aliphatic rings. The SMILES string of the molecule is Cc1nc([C@@H](C)NC(=O)[C@@H](O)c2cc(Cl)cc(Cl)c2)cs1. The van der Waals surface area contributed by atoms with Gasteiger partial charge in [-0.3, -0.25) is 4.79 Å². The quantitative estimate of drug-likeness (QED) is 0.889. The zero-order valence-electron chi connectivity index (χ0n) is 11.4. The number of aliphatic hydroxyl groups excluding tert-OH is 1. The van der Waals surface area contributed by atoms with E-state index in [-0.39, 0.29) is 6.04 Å². The van der Waals surface area contributed by atoms with E-state index >= 15 is 0 Å². The summed E-state index contributed by atoms with van der Waals surface area (Å²) >= 11 is 13.2. The molecule has 2 N–H and O–H groups in total. The number of aryl methyl sites for hydroxylation is 1. The van der Waals surface area contributed by atoms with E-state index in [1.54, 1.807) is 0 Å². The molecule has 7 heteroatoms. The van der Waals surface area contributed by atoms with E-state index in [0.29, 0.717) is 15.6 Å². The molecule has 0 aliphatic heterocycles. The molecule has 1 amide bonds. The maximum absolute atomic E-state index is 12.1. The van der Waals surface area contributed by atoms with Gasteiger partial charge < -0.3 is 10.4 Å². The van der Waals surface area contributed by atoms with Crippen LogP contribution in [0.3, 0.4) is 0 Å². The summed E-state index contributed by atoms with van der Waals surface area (Å²) in [6, 6.07) is 4.27. The van der Waals surface area contributed by atoms with Gasteiger partial charge in [0.05, 0.1) is 16.7 Å². The number of carbonyl (C=O) groups excluding carboxylic acids is 1. The Morgan fingerprint density at radius 1 is 1.33 bits per heavy atom. The van der Waals surface area contributed by atoms with Crippen LogP contribution < -0.4 is 5.32 Å². The number of carbonyl (C=O) groups is 1. The van der Waals surface area contributed by atoms with Crippen molar-refractivity contribution in [1.29, 1.82) is 0 Å². The number of aromatic nitrogens is 1. The third kappa shape index (κ3) is 4.17. The Labute approximate surface area is 136 Å². The van der Waals surface area contributed by atoms with Crippen LogP contribution in [0.2, 0.25) is 10.0 Å². The number of benzene rings is 1. The molecule has 0 radical (unpaired) electrons. The van der Waals surface area contributed by atoms with E-state index in [4.69, 9.17) is 23.2 Å². The van der Waals surface area contributed by atoms with Crippen LogP contribution in [0, 0.1) is 6.92 Å². The monoisotopic (exact) mass is 344 g/mol. The van der Waals surface area contributed by atoms with Gasteiger partial charge in [-0.25, -0.2) is 4.98 Å². The summed E-state index contributed by atoms with van der Waals surface area (Å²) in [5, 5.41) is 16.3. The van der Waals surface area contributed by atoms with E-state index in [1.165, 1.54) is 29.5 Å². The van der Waals surface area contributed by atoms with Crippen LogP contribution in [-0.2, 0) is 4.79 Å². The Hall–Kier alpha value is -1.14. The van der Waals surface area contributed by atoms with E-state index in [2.05, 4.69) is 10.3 Å². The predicted octanol–water partition coefficient (Wildman–Crippen LogP) is 3.67. The summed E-state index contributed by atoms with van der Waals surface area (Å²) in [7, 11) is 0. The van der Waals surface area contributed by atoms with Crippen LogP contribution in [0.4, 0.5) is 0 Å². The van der Waals surface area contributed by atoms with E-state index in [1.807, 2.05) is 19.2 Å². The summed E-state index contributed by atoms with van der Waals surface area (Å²) < 4.78 is 0. The molecule has 2 rings (SSSR count). The fourth-order valence-electron chi connectivity index (χ4n) is 1.83. The molecule has 2 atom stereocenters. The lowest BCUT2D eigenvalue weighted by atomic mass is 10.1. The first-order valence-corrected chi connectivity index (χ1v) is 7.87. The molecule has 0 spiro atoms. The number of hydrogen-bond donors (Lipinski definition) is 2. The Bertz CT molecular complexity index is 640. The van der Waals surface area contributed by atoms with Crippen LogP contribution in [-0.4, -0.2) is 16.0 Å². The Balaban J connectivity index is 2.08. The topological polar surface area (TPSA) is 62.2 Å². The molecule has 112 valence electrons. The smallest absolute Gasteiger partial charge is 0.254 e. The summed E-state index contributed by atoms with van der Waals surface area (Å²) in [5.41, 5.74) is 1.12. The highest BCUT2D eigenvalue weighted by Crippen LogP contribution is 2.24. The van der Waals surface area contributed by atoms with Gasteiger partial charge in [0.2, 0.25) is 0 Å². The van der Waals surface area contributed by atoms with Gasteiger partial charge >= 0.3 is 0 Å². The molecule has 4 nitrogen and oxygen atoms in total. The number of nitrogens with zero attached hydrogens (tertiary/aromatic N) is 1. The van der Waals surface area contributed by atoms with Crippen molar-refractivity contribution in [2.45, 2.75) is 26.0 Å². The first-order valence-electron chi connectivity index (χ1n) is 6.23. The average Bonchev–Trinajstić information content (AvgIpc) is 2.83. The van der Waals surface area contributed by atoms with Crippen molar-refractivity contribution in [3.8, 4) is 0 Å². The zero-order valence-corrected chi connectivity index (χ0v) is 13.8. The van der Waals surface area contributed by atoms with E-state index in [9.17, 15) is 9.90 Å². The molecule has 0 bridgehead atoms. The van der Waals surface area contributed by atoms with Crippen LogP contribution >= 0.6 is 34.5 Å².